The summed E-state index contributed by atoms with van der Waals surface area (Å²) < 4.78 is 11.7. The molecular formula is C18H24N2O3. The lowest BCUT2D eigenvalue weighted by atomic mass is 9.97. The first-order chi connectivity index (χ1) is 11.2. The van der Waals surface area contributed by atoms with Gasteiger partial charge in [0.25, 0.3) is 0 Å². The van der Waals surface area contributed by atoms with Gasteiger partial charge in [-0.1, -0.05) is 18.2 Å². The molecule has 0 radical (unpaired) electrons. The number of amides is 1. The van der Waals surface area contributed by atoms with Crippen LogP contribution in [0.3, 0.4) is 0 Å². The Balaban J connectivity index is 1.44. The SMILES string of the molecule is CO[C@@H]1CN(CC(=O)N2CCc3ccccc32)C[C@]12CCCO2. The summed E-state index contributed by atoms with van der Waals surface area (Å²) in [5.74, 6) is 0.180. The summed E-state index contributed by atoms with van der Waals surface area (Å²) in [4.78, 5) is 16.9. The molecule has 3 heterocycles. The first-order valence-corrected chi connectivity index (χ1v) is 8.49. The molecule has 1 aromatic carbocycles. The number of para-hydroxylation sites is 1. The normalized spacial score (nSPS) is 30.3. The fourth-order valence-corrected chi connectivity index (χ4v) is 4.33. The number of anilines is 1. The van der Waals surface area contributed by atoms with Crippen molar-refractivity contribution in [3.05, 3.63) is 29.8 Å². The van der Waals surface area contributed by atoms with Crippen LogP contribution in [0.1, 0.15) is 18.4 Å². The lowest BCUT2D eigenvalue weighted by molar-refractivity contribution is -0.119. The molecule has 0 N–H and O–H groups in total. The molecular weight excluding hydrogens is 292 g/mol. The molecule has 23 heavy (non-hydrogen) atoms. The van der Waals surface area contributed by atoms with Crippen LogP contribution in [0.5, 0.6) is 0 Å². The van der Waals surface area contributed by atoms with Gasteiger partial charge in [-0.15, -0.1) is 0 Å². The molecule has 3 aliphatic heterocycles. The number of carbonyl (C=O) groups excluding carboxylic acids is 1. The third-order valence-corrected chi connectivity index (χ3v) is 5.47. The van der Waals surface area contributed by atoms with Crippen molar-refractivity contribution in [2.24, 2.45) is 0 Å². The zero-order valence-electron chi connectivity index (χ0n) is 13.7. The molecule has 5 nitrogen and oxygen atoms in total. The highest BCUT2D eigenvalue weighted by atomic mass is 16.6. The topological polar surface area (TPSA) is 42.0 Å². The molecule has 0 unspecified atom stereocenters. The zero-order chi connectivity index (χ0) is 15.9. The highest BCUT2D eigenvalue weighted by Gasteiger charge is 2.50. The minimum absolute atomic E-state index is 0.0728. The average Bonchev–Trinajstić information content (AvgIpc) is 3.27. The molecule has 0 saturated carbocycles. The predicted molar refractivity (Wildman–Crippen MR) is 87.7 cm³/mol. The molecule has 3 aliphatic rings. The van der Waals surface area contributed by atoms with Crippen LogP contribution in [0.2, 0.25) is 0 Å². The second kappa shape index (κ2) is 5.89. The zero-order valence-corrected chi connectivity index (χ0v) is 13.7. The van der Waals surface area contributed by atoms with Crippen LogP contribution in [-0.2, 0) is 20.7 Å². The highest BCUT2D eigenvalue weighted by Crippen LogP contribution is 2.37. The van der Waals surface area contributed by atoms with Crippen LogP contribution < -0.4 is 4.90 Å². The van der Waals surface area contributed by atoms with Crippen molar-refractivity contribution < 1.29 is 14.3 Å². The number of ether oxygens (including phenoxy) is 2. The van der Waals surface area contributed by atoms with E-state index in [4.69, 9.17) is 9.47 Å². The summed E-state index contributed by atoms with van der Waals surface area (Å²) in [6.45, 7) is 3.62. The van der Waals surface area contributed by atoms with Crippen LogP contribution >= 0.6 is 0 Å². The predicted octanol–water partition coefficient (Wildman–Crippen LogP) is 1.46. The number of hydrogen-bond donors (Lipinski definition) is 0. The maximum Gasteiger partial charge on any atom is 0.241 e. The van der Waals surface area contributed by atoms with E-state index in [0.717, 1.165) is 51.2 Å². The maximum absolute atomic E-state index is 12.8. The Morgan fingerprint density at radius 3 is 3.09 bits per heavy atom. The van der Waals surface area contributed by atoms with Crippen molar-refractivity contribution in [1.29, 1.82) is 0 Å². The molecule has 2 saturated heterocycles. The lowest BCUT2D eigenvalue weighted by Crippen LogP contribution is -2.42. The number of benzene rings is 1. The Hall–Kier alpha value is -1.43. The monoisotopic (exact) mass is 316 g/mol. The molecule has 2 fully saturated rings. The third kappa shape index (κ3) is 2.57. The van der Waals surface area contributed by atoms with Gasteiger partial charge >= 0.3 is 0 Å². The Morgan fingerprint density at radius 1 is 1.43 bits per heavy atom. The fourth-order valence-electron chi connectivity index (χ4n) is 4.33. The van der Waals surface area contributed by atoms with Gasteiger partial charge in [0.2, 0.25) is 5.91 Å². The molecule has 5 heteroatoms. The molecule has 124 valence electrons. The Labute approximate surface area is 137 Å². The van der Waals surface area contributed by atoms with Gasteiger partial charge in [-0.3, -0.25) is 9.69 Å². The van der Waals surface area contributed by atoms with Crippen molar-refractivity contribution >= 4 is 11.6 Å². The number of carbonyl (C=O) groups is 1. The van der Waals surface area contributed by atoms with E-state index in [9.17, 15) is 4.79 Å². The second-order valence-electron chi connectivity index (χ2n) is 6.83. The van der Waals surface area contributed by atoms with E-state index in [2.05, 4.69) is 11.0 Å². The van der Waals surface area contributed by atoms with E-state index in [1.54, 1.807) is 7.11 Å². The second-order valence-corrected chi connectivity index (χ2v) is 6.83. The lowest BCUT2D eigenvalue weighted by Gasteiger charge is -2.28. The summed E-state index contributed by atoms with van der Waals surface area (Å²) in [5.41, 5.74) is 2.15. The smallest absolute Gasteiger partial charge is 0.241 e. The van der Waals surface area contributed by atoms with E-state index >= 15 is 0 Å². The summed E-state index contributed by atoms with van der Waals surface area (Å²) in [6.07, 6.45) is 3.14. The van der Waals surface area contributed by atoms with Gasteiger partial charge in [-0.25, -0.2) is 0 Å². The van der Waals surface area contributed by atoms with Crippen LogP contribution in [0, 0.1) is 0 Å². The highest BCUT2D eigenvalue weighted by molar-refractivity contribution is 5.96. The van der Waals surface area contributed by atoms with Gasteiger partial charge in [-0.05, 0) is 30.9 Å². The van der Waals surface area contributed by atoms with E-state index in [-0.39, 0.29) is 17.6 Å². The molecule has 0 bridgehead atoms. The minimum atomic E-state index is -0.196. The standard InChI is InChI=1S/C18H24N2O3/c1-22-16-11-19(13-18(16)8-4-10-23-18)12-17(21)20-9-7-14-5-2-3-6-15(14)20/h2-3,5-6,16H,4,7-13H2,1H3/t16-,18-/m1/s1. The first kappa shape index (κ1) is 15.1. The van der Waals surface area contributed by atoms with Crippen molar-refractivity contribution in [3.63, 3.8) is 0 Å². The number of methoxy groups -OCH3 is 1. The number of rotatable bonds is 3. The molecule has 0 aliphatic carbocycles. The Kier molecular flexibility index (Phi) is 3.87. The number of likely N-dealkylation sites (tertiary alicyclic amines) is 1. The van der Waals surface area contributed by atoms with Crippen molar-refractivity contribution in [1.82, 2.24) is 4.90 Å². The molecule has 1 amide bonds. The summed E-state index contributed by atoms with van der Waals surface area (Å²) in [7, 11) is 1.75. The fraction of sp³-hybridized carbons (Fsp3) is 0.611. The van der Waals surface area contributed by atoms with E-state index in [1.165, 1.54) is 5.56 Å². The molecule has 4 rings (SSSR count). The van der Waals surface area contributed by atoms with E-state index < -0.39 is 0 Å². The maximum atomic E-state index is 12.8. The molecule has 0 aromatic heterocycles. The van der Waals surface area contributed by atoms with Crippen LogP contribution in [0.25, 0.3) is 0 Å². The number of hydrogen-bond acceptors (Lipinski definition) is 4. The molecule has 1 spiro atoms. The number of fused-ring (bicyclic) bond motifs is 1. The number of nitrogens with zero attached hydrogens (tertiary/aromatic N) is 2. The van der Waals surface area contributed by atoms with Crippen LogP contribution in [-0.4, -0.2) is 62.4 Å². The van der Waals surface area contributed by atoms with E-state index in [1.807, 2.05) is 23.1 Å². The van der Waals surface area contributed by atoms with Gasteiger partial charge in [0.1, 0.15) is 5.60 Å². The van der Waals surface area contributed by atoms with E-state index in [0.29, 0.717) is 6.54 Å². The van der Waals surface area contributed by atoms with Crippen molar-refractivity contribution in [3.8, 4) is 0 Å². The van der Waals surface area contributed by atoms with Gasteiger partial charge < -0.3 is 14.4 Å². The average molecular weight is 316 g/mol. The summed E-state index contributed by atoms with van der Waals surface area (Å²) in [5, 5.41) is 0. The summed E-state index contributed by atoms with van der Waals surface area (Å²) in [6, 6.07) is 8.20. The van der Waals surface area contributed by atoms with Gasteiger partial charge in [-0.2, -0.15) is 0 Å². The largest absolute Gasteiger partial charge is 0.377 e. The Bertz CT molecular complexity index is 598. The van der Waals surface area contributed by atoms with Gasteiger partial charge in [0, 0.05) is 39.0 Å². The Morgan fingerprint density at radius 2 is 2.30 bits per heavy atom. The van der Waals surface area contributed by atoms with Gasteiger partial charge in [0.15, 0.2) is 0 Å². The van der Waals surface area contributed by atoms with Gasteiger partial charge in [0.05, 0.1) is 12.6 Å². The quantitative estimate of drug-likeness (QED) is 0.846. The molecule has 1 aromatic rings. The third-order valence-electron chi connectivity index (χ3n) is 5.47. The van der Waals surface area contributed by atoms with Crippen molar-refractivity contribution in [2.75, 3.05) is 44.8 Å². The summed E-state index contributed by atoms with van der Waals surface area (Å²) >= 11 is 0. The van der Waals surface area contributed by atoms with Crippen LogP contribution in [0.15, 0.2) is 24.3 Å². The van der Waals surface area contributed by atoms with Crippen LogP contribution in [0.4, 0.5) is 5.69 Å². The molecule has 2 atom stereocenters. The van der Waals surface area contributed by atoms with Crippen molar-refractivity contribution in [2.45, 2.75) is 31.0 Å². The first-order valence-electron chi connectivity index (χ1n) is 8.49. The minimum Gasteiger partial charge on any atom is -0.377 e.